The second-order valence-electron chi connectivity index (χ2n) is 9.16. The summed E-state index contributed by atoms with van der Waals surface area (Å²) in [5.74, 6) is 1.13. The van der Waals surface area contributed by atoms with Crippen LogP contribution in [0.15, 0.2) is 47.5 Å². The number of likely N-dealkylation sites (tertiary alicyclic amines) is 1. The van der Waals surface area contributed by atoms with Crippen molar-refractivity contribution < 1.29 is 14.3 Å². The van der Waals surface area contributed by atoms with Gasteiger partial charge in [0.2, 0.25) is 0 Å². The first-order valence-corrected chi connectivity index (χ1v) is 11.9. The molecule has 3 heterocycles. The monoisotopic (exact) mass is 449 g/mol. The van der Waals surface area contributed by atoms with Gasteiger partial charge in [0.05, 0.1) is 18.2 Å². The van der Waals surface area contributed by atoms with E-state index in [9.17, 15) is 9.59 Å². The normalized spacial score (nSPS) is 17.6. The van der Waals surface area contributed by atoms with Gasteiger partial charge in [-0.1, -0.05) is 18.9 Å². The van der Waals surface area contributed by atoms with Crippen LogP contribution in [0.1, 0.15) is 54.9 Å². The molecule has 1 aliphatic carbocycles. The van der Waals surface area contributed by atoms with Gasteiger partial charge in [-0.2, -0.15) is 0 Å². The molecule has 0 N–H and O–H groups in total. The van der Waals surface area contributed by atoms with E-state index in [-0.39, 0.29) is 17.6 Å². The van der Waals surface area contributed by atoms with Crippen LogP contribution in [0.2, 0.25) is 0 Å². The Labute approximate surface area is 193 Å². The van der Waals surface area contributed by atoms with Crippen LogP contribution >= 0.6 is 0 Å². The molecule has 0 bridgehead atoms. The minimum Gasteiger partial charge on any atom is -0.496 e. The van der Waals surface area contributed by atoms with Gasteiger partial charge < -0.3 is 23.5 Å². The highest BCUT2D eigenvalue weighted by Gasteiger charge is 2.27. The Balaban J connectivity index is 1.27. The third-order valence-corrected chi connectivity index (χ3v) is 7.10. The van der Waals surface area contributed by atoms with Crippen molar-refractivity contribution in [1.82, 2.24) is 14.0 Å². The first kappa shape index (κ1) is 21.6. The molecule has 1 saturated heterocycles. The second kappa shape index (κ2) is 8.96. The van der Waals surface area contributed by atoms with Crippen molar-refractivity contribution in [2.45, 2.75) is 50.7 Å². The van der Waals surface area contributed by atoms with Gasteiger partial charge >= 0.3 is 0 Å². The van der Waals surface area contributed by atoms with Crippen LogP contribution in [-0.4, -0.2) is 46.2 Å². The minimum atomic E-state index is -0.202. The smallest absolute Gasteiger partial charge is 0.259 e. The molecule has 0 atom stereocenters. The SMILES string of the molecule is COc1cc(=O)n(C)cc1C(=O)N1CCC(Oc2cccc3c2ccn3C2CCCC2)CC1. The number of ether oxygens (including phenoxy) is 2. The van der Waals surface area contributed by atoms with Gasteiger partial charge in [0.15, 0.2) is 0 Å². The van der Waals surface area contributed by atoms with Gasteiger partial charge in [0, 0.05) is 62.9 Å². The number of aromatic nitrogens is 2. The lowest BCUT2D eigenvalue weighted by Gasteiger charge is -2.32. The predicted molar refractivity (Wildman–Crippen MR) is 127 cm³/mol. The van der Waals surface area contributed by atoms with E-state index in [1.54, 1.807) is 13.2 Å². The molecule has 1 aromatic carbocycles. The first-order valence-electron chi connectivity index (χ1n) is 11.9. The van der Waals surface area contributed by atoms with Crippen molar-refractivity contribution in [2.75, 3.05) is 20.2 Å². The molecule has 1 aliphatic heterocycles. The molecule has 7 nitrogen and oxygen atoms in total. The average Bonchev–Trinajstić information content (AvgIpc) is 3.51. The van der Waals surface area contributed by atoms with E-state index in [1.165, 1.54) is 48.9 Å². The molecule has 0 radical (unpaired) electrons. The summed E-state index contributed by atoms with van der Waals surface area (Å²) in [4.78, 5) is 26.8. The number of pyridine rings is 1. The summed E-state index contributed by atoms with van der Waals surface area (Å²) in [7, 11) is 3.12. The zero-order chi connectivity index (χ0) is 22.9. The molecule has 174 valence electrons. The van der Waals surface area contributed by atoms with Crippen LogP contribution in [0, 0.1) is 0 Å². The van der Waals surface area contributed by atoms with Gasteiger partial charge in [-0.25, -0.2) is 0 Å². The largest absolute Gasteiger partial charge is 0.496 e. The van der Waals surface area contributed by atoms with Crippen LogP contribution in [-0.2, 0) is 7.05 Å². The fourth-order valence-electron chi connectivity index (χ4n) is 5.23. The first-order chi connectivity index (χ1) is 16.0. The summed E-state index contributed by atoms with van der Waals surface area (Å²) in [5.41, 5.74) is 1.46. The molecule has 0 spiro atoms. The van der Waals surface area contributed by atoms with Gasteiger partial charge in [-0.3, -0.25) is 9.59 Å². The van der Waals surface area contributed by atoms with Crippen molar-refractivity contribution >= 4 is 16.8 Å². The molecular formula is C26H31N3O4. The van der Waals surface area contributed by atoms with Crippen molar-refractivity contribution in [2.24, 2.45) is 7.05 Å². The number of aryl methyl sites for hydroxylation is 1. The molecule has 2 fully saturated rings. The number of piperidine rings is 1. The third-order valence-electron chi connectivity index (χ3n) is 7.10. The molecule has 3 aromatic rings. The Morgan fingerprint density at radius 2 is 1.79 bits per heavy atom. The second-order valence-corrected chi connectivity index (χ2v) is 9.16. The number of fused-ring (bicyclic) bond motifs is 1. The maximum Gasteiger partial charge on any atom is 0.259 e. The summed E-state index contributed by atoms with van der Waals surface area (Å²) >= 11 is 0. The van der Waals surface area contributed by atoms with Crippen molar-refractivity contribution in [1.29, 1.82) is 0 Å². The number of benzene rings is 1. The van der Waals surface area contributed by atoms with Crippen LogP contribution in [0.5, 0.6) is 11.5 Å². The van der Waals surface area contributed by atoms with Gasteiger partial charge in [0.25, 0.3) is 11.5 Å². The Morgan fingerprint density at radius 1 is 1.03 bits per heavy atom. The number of rotatable bonds is 5. The lowest BCUT2D eigenvalue weighted by molar-refractivity contribution is 0.0594. The van der Waals surface area contributed by atoms with Gasteiger partial charge in [-0.15, -0.1) is 0 Å². The number of methoxy groups -OCH3 is 1. The van der Waals surface area contributed by atoms with Crippen LogP contribution in [0.3, 0.4) is 0 Å². The van der Waals surface area contributed by atoms with Crippen LogP contribution in [0.4, 0.5) is 0 Å². The molecule has 33 heavy (non-hydrogen) atoms. The summed E-state index contributed by atoms with van der Waals surface area (Å²) in [5, 5.41) is 1.16. The molecule has 1 saturated carbocycles. The molecule has 5 rings (SSSR count). The molecular weight excluding hydrogens is 418 g/mol. The topological polar surface area (TPSA) is 65.7 Å². The van der Waals surface area contributed by atoms with E-state index in [0.29, 0.717) is 30.4 Å². The molecule has 7 heteroatoms. The summed E-state index contributed by atoms with van der Waals surface area (Å²) in [6.07, 6.45) is 10.5. The molecule has 2 aliphatic rings. The van der Waals surface area contributed by atoms with E-state index in [1.807, 2.05) is 11.0 Å². The summed E-state index contributed by atoms with van der Waals surface area (Å²) < 4.78 is 15.5. The van der Waals surface area contributed by atoms with E-state index in [2.05, 4.69) is 29.0 Å². The Hall–Kier alpha value is -3.22. The van der Waals surface area contributed by atoms with Crippen LogP contribution < -0.4 is 15.0 Å². The Kier molecular flexibility index (Phi) is 5.87. The highest BCUT2D eigenvalue weighted by Crippen LogP contribution is 2.36. The maximum atomic E-state index is 13.1. The number of carbonyl (C=O) groups excluding carboxylic acids is 1. The van der Waals surface area contributed by atoms with Crippen molar-refractivity contribution in [3.63, 3.8) is 0 Å². The molecule has 2 aromatic heterocycles. The molecule has 1 amide bonds. The van der Waals surface area contributed by atoms with Gasteiger partial charge in [0.1, 0.15) is 17.6 Å². The van der Waals surface area contributed by atoms with E-state index in [4.69, 9.17) is 9.47 Å². The van der Waals surface area contributed by atoms with E-state index >= 15 is 0 Å². The Morgan fingerprint density at radius 3 is 2.52 bits per heavy atom. The van der Waals surface area contributed by atoms with Crippen molar-refractivity contribution in [3.05, 3.63) is 58.6 Å². The number of amides is 1. The fraction of sp³-hybridized carbons (Fsp3) is 0.462. The highest BCUT2D eigenvalue weighted by molar-refractivity contribution is 5.96. The number of nitrogens with zero attached hydrogens (tertiary/aromatic N) is 3. The highest BCUT2D eigenvalue weighted by atomic mass is 16.5. The fourth-order valence-corrected chi connectivity index (χ4v) is 5.23. The molecule has 0 unspecified atom stereocenters. The zero-order valence-corrected chi connectivity index (χ0v) is 19.3. The number of hydrogen-bond acceptors (Lipinski definition) is 4. The predicted octanol–water partition coefficient (Wildman–Crippen LogP) is 4.15. The number of carbonyl (C=O) groups is 1. The lowest BCUT2D eigenvalue weighted by atomic mass is 10.1. The van der Waals surface area contributed by atoms with Gasteiger partial charge in [-0.05, 0) is 31.0 Å². The average molecular weight is 450 g/mol. The standard InChI is InChI=1S/C26H31N3O4/c1-27-17-21(24(32-2)16-25(27)30)26(31)28-13-10-19(11-14-28)33-23-9-5-8-22-20(23)12-15-29(22)18-6-3-4-7-18/h5,8-9,12,15-19H,3-4,6-7,10-11,13-14H2,1-2H3. The quantitative estimate of drug-likeness (QED) is 0.587. The Bertz CT molecular complexity index is 1210. The minimum absolute atomic E-state index is 0.0662. The maximum absolute atomic E-state index is 13.1. The summed E-state index contributed by atoms with van der Waals surface area (Å²) in [6.45, 7) is 1.21. The van der Waals surface area contributed by atoms with E-state index < -0.39 is 0 Å². The van der Waals surface area contributed by atoms with E-state index in [0.717, 1.165) is 24.0 Å². The van der Waals surface area contributed by atoms with Crippen LogP contribution in [0.25, 0.3) is 10.9 Å². The summed E-state index contributed by atoms with van der Waals surface area (Å²) in [6, 6.07) is 10.4. The zero-order valence-electron chi connectivity index (χ0n) is 19.3. The van der Waals surface area contributed by atoms with Crippen molar-refractivity contribution in [3.8, 4) is 11.5 Å². The lowest BCUT2D eigenvalue weighted by Crippen LogP contribution is -2.42. The third kappa shape index (κ3) is 4.12. The number of hydrogen-bond donors (Lipinski definition) is 0.